The molecule has 0 saturated heterocycles. The van der Waals surface area contributed by atoms with Crippen molar-refractivity contribution in [1.29, 1.82) is 0 Å². The molecule has 0 radical (unpaired) electrons. The van der Waals surface area contributed by atoms with E-state index in [0.29, 0.717) is 11.6 Å². The molecule has 2 aromatic rings. The van der Waals surface area contributed by atoms with Crippen LogP contribution in [0.1, 0.15) is 15.9 Å². The van der Waals surface area contributed by atoms with Gasteiger partial charge in [-0.3, -0.25) is 4.79 Å². The van der Waals surface area contributed by atoms with E-state index in [0.717, 1.165) is 5.56 Å². The molecule has 0 unspecified atom stereocenters. The highest BCUT2D eigenvalue weighted by Crippen LogP contribution is 2.21. The molecule has 1 aromatic heterocycles. The van der Waals surface area contributed by atoms with Crippen LogP contribution in [0.2, 0.25) is 5.02 Å². The van der Waals surface area contributed by atoms with Crippen LogP contribution in [0.5, 0.6) is 5.75 Å². The monoisotopic (exact) mass is 264 g/mol. The molecule has 0 spiro atoms. The summed E-state index contributed by atoms with van der Waals surface area (Å²) in [4.78, 5) is 11.9. The maximum atomic E-state index is 11.9. The number of hydrogen-bond acceptors (Lipinski definition) is 2. The summed E-state index contributed by atoms with van der Waals surface area (Å²) in [5.74, 6) is -0.427. The van der Waals surface area contributed by atoms with Gasteiger partial charge in [0.2, 0.25) is 0 Å². The van der Waals surface area contributed by atoms with Crippen LogP contribution in [-0.2, 0) is 13.6 Å². The number of nitrogens with one attached hydrogen (secondary N) is 1. The van der Waals surface area contributed by atoms with Crippen molar-refractivity contribution < 1.29 is 9.90 Å². The third-order valence-electron chi connectivity index (χ3n) is 2.55. The summed E-state index contributed by atoms with van der Waals surface area (Å²) < 4.78 is 1.90. The van der Waals surface area contributed by atoms with Gasteiger partial charge in [-0.2, -0.15) is 0 Å². The number of carbonyl (C=O) groups excluding carboxylic acids is 1. The standard InChI is InChI=1S/C13H13ClN2O2/c1-16-5-4-9(8-16)7-15-13(18)11-6-10(14)2-3-12(11)17/h2-6,8,17H,7H2,1H3,(H,15,18). The van der Waals surface area contributed by atoms with Crippen LogP contribution < -0.4 is 5.32 Å². The topological polar surface area (TPSA) is 54.3 Å². The zero-order chi connectivity index (χ0) is 13.1. The van der Waals surface area contributed by atoms with Crippen molar-refractivity contribution in [2.75, 3.05) is 0 Å². The molecule has 0 aliphatic carbocycles. The number of aromatic hydroxyl groups is 1. The van der Waals surface area contributed by atoms with Gasteiger partial charge in [0.05, 0.1) is 5.56 Å². The highest BCUT2D eigenvalue weighted by molar-refractivity contribution is 6.31. The molecule has 1 amide bonds. The third-order valence-corrected chi connectivity index (χ3v) is 2.78. The second-order valence-corrected chi connectivity index (χ2v) is 4.47. The first kappa shape index (κ1) is 12.5. The van der Waals surface area contributed by atoms with Crippen LogP contribution in [0.15, 0.2) is 36.7 Å². The lowest BCUT2D eigenvalue weighted by Crippen LogP contribution is -2.22. The lowest BCUT2D eigenvalue weighted by Gasteiger charge is -2.06. The van der Waals surface area contributed by atoms with Crippen LogP contribution in [0, 0.1) is 0 Å². The van der Waals surface area contributed by atoms with Gasteiger partial charge >= 0.3 is 0 Å². The molecule has 0 aliphatic rings. The van der Waals surface area contributed by atoms with E-state index in [-0.39, 0.29) is 17.2 Å². The summed E-state index contributed by atoms with van der Waals surface area (Å²) in [7, 11) is 1.91. The fourth-order valence-corrected chi connectivity index (χ4v) is 1.81. The SMILES string of the molecule is Cn1ccc(CNC(=O)c2cc(Cl)ccc2O)c1. The number of amides is 1. The molecule has 0 atom stereocenters. The largest absolute Gasteiger partial charge is 0.507 e. The van der Waals surface area contributed by atoms with Crippen molar-refractivity contribution in [3.63, 3.8) is 0 Å². The van der Waals surface area contributed by atoms with Gasteiger partial charge in [-0.15, -0.1) is 0 Å². The first-order valence-corrected chi connectivity index (χ1v) is 5.81. The van der Waals surface area contributed by atoms with Crippen molar-refractivity contribution in [2.45, 2.75) is 6.54 Å². The van der Waals surface area contributed by atoms with Gasteiger partial charge in [0.15, 0.2) is 0 Å². The quantitative estimate of drug-likeness (QED) is 0.894. The Kier molecular flexibility index (Phi) is 3.58. The van der Waals surface area contributed by atoms with Gasteiger partial charge in [0, 0.05) is 31.0 Å². The zero-order valence-corrected chi connectivity index (χ0v) is 10.6. The Labute approximate surface area is 110 Å². The van der Waals surface area contributed by atoms with Crippen molar-refractivity contribution >= 4 is 17.5 Å². The van der Waals surface area contributed by atoms with Gasteiger partial charge in [-0.05, 0) is 29.8 Å². The minimum absolute atomic E-state index is 0.0787. The fourth-order valence-electron chi connectivity index (χ4n) is 1.63. The number of rotatable bonds is 3. The maximum absolute atomic E-state index is 11.9. The average molecular weight is 265 g/mol. The normalized spacial score (nSPS) is 10.3. The number of hydrogen-bond donors (Lipinski definition) is 2. The second-order valence-electron chi connectivity index (χ2n) is 4.03. The van der Waals surface area contributed by atoms with E-state index in [2.05, 4.69) is 5.32 Å². The second kappa shape index (κ2) is 5.14. The average Bonchev–Trinajstić information content (AvgIpc) is 2.75. The molecule has 2 rings (SSSR count). The zero-order valence-electron chi connectivity index (χ0n) is 9.85. The first-order valence-electron chi connectivity index (χ1n) is 5.44. The van der Waals surface area contributed by atoms with Gasteiger partial charge in [-0.1, -0.05) is 11.6 Å². The molecule has 0 fully saturated rings. The number of aryl methyl sites for hydroxylation is 1. The first-order chi connectivity index (χ1) is 8.56. The van der Waals surface area contributed by atoms with Crippen LogP contribution in [0.25, 0.3) is 0 Å². The van der Waals surface area contributed by atoms with Crippen molar-refractivity contribution in [3.8, 4) is 5.75 Å². The van der Waals surface area contributed by atoms with Crippen molar-refractivity contribution in [1.82, 2.24) is 9.88 Å². The molecular weight excluding hydrogens is 252 g/mol. The number of phenolic OH excluding ortho intramolecular Hbond substituents is 1. The Morgan fingerprint density at radius 3 is 2.89 bits per heavy atom. The molecule has 0 aliphatic heterocycles. The van der Waals surface area contributed by atoms with E-state index in [1.165, 1.54) is 18.2 Å². The summed E-state index contributed by atoms with van der Waals surface area (Å²) in [6, 6.07) is 6.29. The lowest BCUT2D eigenvalue weighted by atomic mass is 10.2. The number of benzene rings is 1. The minimum Gasteiger partial charge on any atom is -0.507 e. The molecule has 0 saturated carbocycles. The maximum Gasteiger partial charge on any atom is 0.255 e. The molecular formula is C13H13ClN2O2. The Balaban J connectivity index is 2.05. The van der Waals surface area contributed by atoms with E-state index in [1.54, 1.807) is 0 Å². The van der Waals surface area contributed by atoms with Crippen LogP contribution >= 0.6 is 11.6 Å². The van der Waals surface area contributed by atoms with Gasteiger partial charge in [0.25, 0.3) is 5.91 Å². The van der Waals surface area contributed by atoms with E-state index >= 15 is 0 Å². The Morgan fingerprint density at radius 2 is 2.22 bits per heavy atom. The number of aromatic nitrogens is 1. The highest BCUT2D eigenvalue weighted by Gasteiger charge is 2.11. The molecule has 4 nitrogen and oxygen atoms in total. The summed E-state index contributed by atoms with van der Waals surface area (Å²) in [6.07, 6.45) is 3.82. The lowest BCUT2D eigenvalue weighted by molar-refractivity contribution is 0.0948. The number of carbonyl (C=O) groups is 1. The number of halogens is 1. The van der Waals surface area contributed by atoms with Crippen LogP contribution in [-0.4, -0.2) is 15.6 Å². The predicted octanol–water partition coefficient (Wildman–Crippen LogP) is 2.31. The van der Waals surface area contributed by atoms with Crippen LogP contribution in [0.4, 0.5) is 0 Å². The summed E-state index contributed by atoms with van der Waals surface area (Å²) in [5.41, 5.74) is 1.17. The Bertz CT molecular complexity index is 578. The molecule has 1 aromatic carbocycles. The highest BCUT2D eigenvalue weighted by atomic mass is 35.5. The summed E-state index contributed by atoms with van der Waals surface area (Å²) in [6.45, 7) is 0.408. The minimum atomic E-state index is -0.348. The van der Waals surface area contributed by atoms with Gasteiger partial charge in [0.1, 0.15) is 5.75 Å². The Hall–Kier alpha value is -1.94. The van der Waals surface area contributed by atoms with Gasteiger partial charge in [-0.25, -0.2) is 0 Å². The van der Waals surface area contributed by atoms with Gasteiger partial charge < -0.3 is 15.0 Å². The molecule has 5 heteroatoms. The molecule has 2 N–H and O–H groups in total. The molecule has 0 bridgehead atoms. The van der Waals surface area contributed by atoms with E-state index in [9.17, 15) is 9.90 Å². The third kappa shape index (κ3) is 2.84. The summed E-state index contributed by atoms with van der Waals surface area (Å²) in [5, 5.41) is 12.7. The molecule has 94 valence electrons. The smallest absolute Gasteiger partial charge is 0.255 e. The molecule has 18 heavy (non-hydrogen) atoms. The van der Waals surface area contributed by atoms with Crippen molar-refractivity contribution in [3.05, 3.63) is 52.8 Å². The van der Waals surface area contributed by atoms with E-state index in [1.807, 2.05) is 30.1 Å². The van der Waals surface area contributed by atoms with E-state index in [4.69, 9.17) is 11.6 Å². The number of phenols is 1. The molecule has 1 heterocycles. The Morgan fingerprint density at radius 1 is 1.44 bits per heavy atom. The fraction of sp³-hybridized carbons (Fsp3) is 0.154. The summed E-state index contributed by atoms with van der Waals surface area (Å²) >= 11 is 5.79. The predicted molar refractivity (Wildman–Crippen MR) is 69.7 cm³/mol. The number of nitrogens with zero attached hydrogens (tertiary/aromatic N) is 1. The van der Waals surface area contributed by atoms with Crippen LogP contribution in [0.3, 0.4) is 0 Å². The van der Waals surface area contributed by atoms with E-state index < -0.39 is 0 Å². The van der Waals surface area contributed by atoms with Crippen molar-refractivity contribution in [2.24, 2.45) is 7.05 Å².